The summed E-state index contributed by atoms with van der Waals surface area (Å²) < 4.78 is 1.96. The molecule has 0 aliphatic rings. The van der Waals surface area contributed by atoms with E-state index in [9.17, 15) is 0 Å². The molecular formula is C10H21N5. The zero-order valence-electron chi connectivity index (χ0n) is 9.61. The van der Waals surface area contributed by atoms with Crippen molar-refractivity contribution in [1.29, 1.82) is 0 Å². The molecule has 0 aromatic carbocycles. The van der Waals surface area contributed by atoms with Gasteiger partial charge in [-0.3, -0.25) is 0 Å². The number of nitrogens with two attached hydrogens (primary N) is 1. The van der Waals surface area contributed by atoms with Gasteiger partial charge in [-0.2, -0.15) is 5.10 Å². The largest absolute Gasteiger partial charge is 0.330 e. The van der Waals surface area contributed by atoms with E-state index in [0.717, 1.165) is 38.4 Å². The van der Waals surface area contributed by atoms with Crippen molar-refractivity contribution in [2.24, 2.45) is 11.7 Å². The molecule has 15 heavy (non-hydrogen) atoms. The van der Waals surface area contributed by atoms with Crippen LogP contribution in [-0.2, 0) is 13.1 Å². The molecule has 1 aromatic rings. The SMILES string of the molecule is CC(C)Cn1ncnc1CNCCCN. The first-order chi connectivity index (χ1) is 7.24. The second kappa shape index (κ2) is 6.53. The fraction of sp³-hybridized carbons (Fsp3) is 0.800. The van der Waals surface area contributed by atoms with E-state index in [1.807, 2.05) is 4.68 Å². The van der Waals surface area contributed by atoms with Crippen LogP contribution in [0.3, 0.4) is 0 Å². The average Bonchev–Trinajstić information content (AvgIpc) is 2.59. The van der Waals surface area contributed by atoms with Gasteiger partial charge < -0.3 is 11.1 Å². The van der Waals surface area contributed by atoms with Crippen LogP contribution in [0.1, 0.15) is 26.1 Å². The average molecular weight is 211 g/mol. The summed E-state index contributed by atoms with van der Waals surface area (Å²) in [7, 11) is 0. The van der Waals surface area contributed by atoms with Gasteiger partial charge in [0.15, 0.2) is 0 Å². The van der Waals surface area contributed by atoms with Crippen LogP contribution in [-0.4, -0.2) is 27.9 Å². The molecule has 0 bridgehead atoms. The Hall–Kier alpha value is -0.940. The zero-order valence-corrected chi connectivity index (χ0v) is 9.61. The molecule has 0 aliphatic heterocycles. The first kappa shape index (κ1) is 12.1. The zero-order chi connectivity index (χ0) is 11.1. The molecule has 0 atom stereocenters. The van der Waals surface area contributed by atoms with Gasteiger partial charge in [0, 0.05) is 6.54 Å². The summed E-state index contributed by atoms with van der Waals surface area (Å²) >= 11 is 0. The normalized spacial score (nSPS) is 11.2. The second-order valence-electron chi connectivity index (χ2n) is 4.07. The fourth-order valence-corrected chi connectivity index (χ4v) is 1.35. The third kappa shape index (κ3) is 4.40. The van der Waals surface area contributed by atoms with Gasteiger partial charge in [0.05, 0.1) is 6.54 Å². The summed E-state index contributed by atoms with van der Waals surface area (Å²) in [5.74, 6) is 1.59. The maximum atomic E-state index is 5.41. The molecule has 0 amide bonds. The van der Waals surface area contributed by atoms with Gasteiger partial charge in [-0.25, -0.2) is 9.67 Å². The number of hydrogen-bond donors (Lipinski definition) is 2. The third-order valence-electron chi connectivity index (χ3n) is 2.07. The lowest BCUT2D eigenvalue weighted by molar-refractivity contribution is 0.457. The van der Waals surface area contributed by atoms with Crippen molar-refractivity contribution in [2.45, 2.75) is 33.4 Å². The van der Waals surface area contributed by atoms with Crippen molar-refractivity contribution in [1.82, 2.24) is 20.1 Å². The molecule has 5 heteroatoms. The number of aromatic nitrogens is 3. The van der Waals surface area contributed by atoms with Crippen LogP contribution < -0.4 is 11.1 Å². The Balaban J connectivity index is 2.36. The highest BCUT2D eigenvalue weighted by molar-refractivity contribution is 4.83. The van der Waals surface area contributed by atoms with Crippen molar-refractivity contribution in [3.8, 4) is 0 Å². The van der Waals surface area contributed by atoms with Crippen LogP contribution >= 0.6 is 0 Å². The van der Waals surface area contributed by atoms with Crippen molar-refractivity contribution in [3.05, 3.63) is 12.2 Å². The molecule has 3 N–H and O–H groups in total. The minimum atomic E-state index is 0.592. The van der Waals surface area contributed by atoms with E-state index in [1.54, 1.807) is 6.33 Å². The molecule has 0 spiro atoms. The minimum absolute atomic E-state index is 0.592. The van der Waals surface area contributed by atoms with Crippen molar-refractivity contribution < 1.29 is 0 Å². The Kier molecular flexibility index (Phi) is 5.28. The highest BCUT2D eigenvalue weighted by atomic mass is 15.3. The van der Waals surface area contributed by atoms with Gasteiger partial charge in [0.25, 0.3) is 0 Å². The molecule has 0 unspecified atom stereocenters. The standard InChI is InChI=1S/C10H21N5/c1-9(2)7-15-10(13-8-14-15)6-12-5-3-4-11/h8-9,12H,3-7,11H2,1-2H3. The highest BCUT2D eigenvalue weighted by Gasteiger charge is 2.04. The van der Waals surface area contributed by atoms with Crippen LogP contribution in [0.15, 0.2) is 6.33 Å². The first-order valence-corrected chi connectivity index (χ1v) is 5.51. The Labute approximate surface area is 91.1 Å². The van der Waals surface area contributed by atoms with E-state index < -0.39 is 0 Å². The Morgan fingerprint density at radius 3 is 3.00 bits per heavy atom. The van der Waals surface area contributed by atoms with E-state index in [4.69, 9.17) is 5.73 Å². The summed E-state index contributed by atoms with van der Waals surface area (Å²) in [5.41, 5.74) is 5.41. The van der Waals surface area contributed by atoms with E-state index in [0.29, 0.717) is 5.92 Å². The van der Waals surface area contributed by atoms with Crippen LogP contribution in [0.5, 0.6) is 0 Å². The van der Waals surface area contributed by atoms with Crippen LogP contribution in [0.2, 0.25) is 0 Å². The predicted octanol–water partition coefficient (Wildman–Crippen LogP) is 0.373. The predicted molar refractivity (Wildman–Crippen MR) is 60.2 cm³/mol. The smallest absolute Gasteiger partial charge is 0.140 e. The molecule has 0 saturated carbocycles. The summed E-state index contributed by atoms with van der Waals surface area (Å²) in [5, 5.41) is 7.50. The van der Waals surface area contributed by atoms with E-state index in [-0.39, 0.29) is 0 Å². The maximum absolute atomic E-state index is 5.41. The molecule has 0 fully saturated rings. The Morgan fingerprint density at radius 2 is 2.33 bits per heavy atom. The molecular weight excluding hydrogens is 190 g/mol. The summed E-state index contributed by atoms with van der Waals surface area (Å²) in [4.78, 5) is 4.22. The summed E-state index contributed by atoms with van der Waals surface area (Å²) in [6.45, 7) is 7.71. The van der Waals surface area contributed by atoms with Gasteiger partial charge in [0.2, 0.25) is 0 Å². The van der Waals surface area contributed by atoms with E-state index >= 15 is 0 Å². The van der Waals surface area contributed by atoms with E-state index in [1.165, 1.54) is 0 Å². The lowest BCUT2D eigenvalue weighted by Gasteiger charge is -2.08. The molecule has 0 aliphatic carbocycles. The van der Waals surface area contributed by atoms with Crippen LogP contribution in [0.4, 0.5) is 0 Å². The molecule has 86 valence electrons. The van der Waals surface area contributed by atoms with Gasteiger partial charge >= 0.3 is 0 Å². The second-order valence-corrected chi connectivity index (χ2v) is 4.07. The topological polar surface area (TPSA) is 68.8 Å². The van der Waals surface area contributed by atoms with Crippen molar-refractivity contribution in [2.75, 3.05) is 13.1 Å². The molecule has 5 nitrogen and oxygen atoms in total. The number of hydrogen-bond acceptors (Lipinski definition) is 4. The van der Waals surface area contributed by atoms with Gasteiger partial charge in [-0.15, -0.1) is 0 Å². The van der Waals surface area contributed by atoms with Gasteiger partial charge in [0.1, 0.15) is 12.2 Å². The Morgan fingerprint density at radius 1 is 1.53 bits per heavy atom. The Bertz CT molecular complexity index is 269. The van der Waals surface area contributed by atoms with Crippen molar-refractivity contribution in [3.63, 3.8) is 0 Å². The third-order valence-corrected chi connectivity index (χ3v) is 2.07. The van der Waals surface area contributed by atoms with Gasteiger partial charge in [-0.1, -0.05) is 13.8 Å². The van der Waals surface area contributed by atoms with Crippen LogP contribution in [0.25, 0.3) is 0 Å². The maximum Gasteiger partial charge on any atom is 0.140 e. The van der Waals surface area contributed by atoms with Crippen LogP contribution in [0, 0.1) is 5.92 Å². The van der Waals surface area contributed by atoms with Gasteiger partial charge in [-0.05, 0) is 25.4 Å². The van der Waals surface area contributed by atoms with E-state index in [2.05, 4.69) is 29.2 Å². The lowest BCUT2D eigenvalue weighted by Crippen LogP contribution is -2.21. The number of rotatable bonds is 7. The molecule has 1 rings (SSSR count). The minimum Gasteiger partial charge on any atom is -0.330 e. The molecule has 0 saturated heterocycles. The summed E-state index contributed by atoms with van der Waals surface area (Å²) in [6, 6.07) is 0. The molecule has 1 heterocycles. The number of nitrogens with one attached hydrogen (secondary N) is 1. The fourth-order valence-electron chi connectivity index (χ4n) is 1.35. The molecule has 0 radical (unpaired) electrons. The number of nitrogens with zero attached hydrogens (tertiary/aromatic N) is 3. The summed E-state index contributed by atoms with van der Waals surface area (Å²) in [6.07, 6.45) is 2.61. The monoisotopic (exact) mass is 211 g/mol. The lowest BCUT2D eigenvalue weighted by atomic mass is 10.2. The van der Waals surface area contributed by atoms with Crippen molar-refractivity contribution >= 4 is 0 Å². The first-order valence-electron chi connectivity index (χ1n) is 5.51. The quantitative estimate of drug-likeness (QED) is 0.639. The highest BCUT2D eigenvalue weighted by Crippen LogP contribution is 2.00. The molecule has 1 aromatic heterocycles.